The minimum atomic E-state index is 0.532. The Morgan fingerprint density at radius 3 is 2.50 bits per heavy atom. The Labute approximate surface area is 79.0 Å². The van der Waals surface area contributed by atoms with E-state index in [4.69, 9.17) is 11.6 Å². The highest BCUT2D eigenvalue weighted by atomic mass is 35.5. The quantitative estimate of drug-likeness (QED) is 0.504. The Bertz CT molecular complexity index is 271. The van der Waals surface area contributed by atoms with E-state index in [-0.39, 0.29) is 0 Å². The molecule has 1 aromatic rings. The van der Waals surface area contributed by atoms with Crippen molar-refractivity contribution in [2.75, 3.05) is 18.0 Å². The van der Waals surface area contributed by atoms with E-state index >= 15 is 0 Å². The zero-order valence-corrected chi connectivity index (χ0v) is 8.52. The summed E-state index contributed by atoms with van der Waals surface area (Å²) in [4.78, 5) is 2.02. The molecule has 0 fully saturated rings. The molecule has 0 aliphatic carbocycles. The van der Waals surface area contributed by atoms with Crippen molar-refractivity contribution in [3.05, 3.63) is 29.3 Å². The molecule has 0 saturated heterocycles. The molecule has 0 bridgehead atoms. The minimum Gasteiger partial charge on any atom is -0.361 e. The van der Waals surface area contributed by atoms with Crippen molar-refractivity contribution in [2.45, 2.75) is 13.8 Å². The molecule has 0 unspecified atom stereocenters. The van der Waals surface area contributed by atoms with Crippen molar-refractivity contribution in [3.8, 4) is 0 Å². The van der Waals surface area contributed by atoms with E-state index in [0.29, 0.717) is 6.00 Å². The largest absolute Gasteiger partial charge is 0.361 e. The van der Waals surface area contributed by atoms with Crippen LogP contribution in [0.2, 0.25) is 0 Å². The molecule has 2 heteroatoms. The number of halogens is 1. The van der Waals surface area contributed by atoms with Crippen LogP contribution in [0.3, 0.4) is 0 Å². The highest BCUT2D eigenvalue weighted by molar-refractivity contribution is 6.19. The van der Waals surface area contributed by atoms with E-state index in [1.807, 2.05) is 11.9 Å². The van der Waals surface area contributed by atoms with Crippen LogP contribution in [-0.4, -0.2) is 13.1 Å². The van der Waals surface area contributed by atoms with E-state index in [1.54, 1.807) is 0 Å². The van der Waals surface area contributed by atoms with Crippen LogP contribution in [-0.2, 0) is 0 Å². The Kier molecular flexibility index (Phi) is 2.99. The van der Waals surface area contributed by atoms with Gasteiger partial charge in [-0.05, 0) is 25.5 Å². The average Bonchev–Trinajstić information content (AvgIpc) is 2.03. The van der Waals surface area contributed by atoms with Crippen LogP contribution in [0, 0.1) is 13.8 Å². The number of benzene rings is 1. The topological polar surface area (TPSA) is 3.24 Å². The summed E-state index contributed by atoms with van der Waals surface area (Å²) in [6.07, 6.45) is 0. The summed E-state index contributed by atoms with van der Waals surface area (Å²) in [6, 6.07) is 6.90. The van der Waals surface area contributed by atoms with Crippen molar-refractivity contribution < 1.29 is 0 Å². The molecule has 0 aliphatic heterocycles. The first-order valence-electron chi connectivity index (χ1n) is 3.99. The molecule has 0 aliphatic rings. The first-order chi connectivity index (χ1) is 5.65. The lowest BCUT2D eigenvalue weighted by Gasteiger charge is -2.18. The normalized spacial score (nSPS) is 10.0. The van der Waals surface area contributed by atoms with Gasteiger partial charge in [0.1, 0.15) is 0 Å². The maximum atomic E-state index is 5.72. The maximum Gasteiger partial charge on any atom is 0.0925 e. The third-order valence-electron chi connectivity index (χ3n) is 1.94. The average molecular weight is 184 g/mol. The van der Waals surface area contributed by atoms with Gasteiger partial charge in [-0.3, -0.25) is 0 Å². The van der Waals surface area contributed by atoms with Gasteiger partial charge in [-0.1, -0.05) is 17.7 Å². The molecule has 0 amide bonds. The molecule has 0 saturated carbocycles. The van der Waals surface area contributed by atoms with Crippen LogP contribution in [0.25, 0.3) is 0 Å². The Balaban J connectivity index is 3.01. The zero-order chi connectivity index (χ0) is 9.14. The summed E-state index contributed by atoms with van der Waals surface area (Å²) in [6.45, 7) is 4.20. The number of hydrogen-bond donors (Lipinski definition) is 0. The summed E-state index contributed by atoms with van der Waals surface area (Å²) >= 11 is 5.72. The number of hydrogen-bond acceptors (Lipinski definition) is 1. The van der Waals surface area contributed by atoms with Gasteiger partial charge in [0, 0.05) is 12.7 Å². The summed E-state index contributed by atoms with van der Waals surface area (Å²) in [5.41, 5.74) is 3.77. The first-order valence-corrected chi connectivity index (χ1v) is 4.53. The molecule has 1 aromatic carbocycles. The summed E-state index contributed by atoms with van der Waals surface area (Å²) in [5, 5.41) is 0. The third-order valence-corrected chi connectivity index (χ3v) is 2.30. The van der Waals surface area contributed by atoms with Crippen LogP contribution < -0.4 is 4.90 Å². The number of nitrogens with zero attached hydrogens (tertiary/aromatic N) is 1. The molecular weight excluding hydrogens is 170 g/mol. The van der Waals surface area contributed by atoms with Gasteiger partial charge >= 0.3 is 0 Å². The predicted octanol–water partition coefficient (Wildman–Crippen LogP) is 2.94. The fourth-order valence-electron chi connectivity index (χ4n) is 1.30. The number of anilines is 1. The van der Waals surface area contributed by atoms with Gasteiger partial charge in [0.05, 0.1) is 6.00 Å². The Morgan fingerprint density at radius 2 is 2.00 bits per heavy atom. The number of rotatable bonds is 2. The first kappa shape index (κ1) is 9.40. The standard InChI is InChI=1S/C10H14ClN/c1-8-4-5-10(9(2)6-8)12(3)7-11/h4-6H,7H2,1-3H3. The highest BCUT2D eigenvalue weighted by Gasteiger charge is 2.01. The van der Waals surface area contributed by atoms with Gasteiger partial charge < -0.3 is 4.90 Å². The van der Waals surface area contributed by atoms with Crippen molar-refractivity contribution in [1.29, 1.82) is 0 Å². The molecule has 0 heterocycles. The zero-order valence-electron chi connectivity index (χ0n) is 7.76. The van der Waals surface area contributed by atoms with Crippen LogP contribution in [0.4, 0.5) is 5.69 Å². The van der Waals surface area contributed by atoms with E-state index < -0.39 is 0 Å². The van der Waals surface area contributed by atoms with Crippen molar-refractivity contribution in [1.82, 2.24) is 0 Å². The Morgan fingerprint density at radius 1 is 1.33 bits per heavy atom. The minimum absolute atomic E-state index is 0.532. The Hall–Kier alpha value is -0.690. The molecule has 0 spiro atoms. The van der Waals surface area contributed by atoms with Gasteiger partial charge in [-0.15, -0.1) is 11.6 Å². The molecule has 0 N–H and O–H groups in total. The molecule has 66 valence electrons. The number of alkyl halides is 1. The fraction of sp³-hybridized carbons (Fsp3) is 0.400. The van der Waals surface area contributed by atoms with Gasteiger partial charge in [0.15, 0.2) is 0 Å². The van der Waals surface area contributed by atoms with Gasteiger partial charge in [0.25, 0.3) is 0 Å². The molecule has 0 atom stereocenters. The lowest BCUT2D eigenvalue weighted by atomic mass is 10.1. The second-order valence-corrected chi connectivity index (χ2v) is 3.35. The van der Waals surface area contributed by atoms with E-state index in [2.05, 4.69) is 32.0 Å². The lowest BCUT2D eigenvalue weighted by molar-refractivity contribution is 1.07. The van der Waals surface area contributed by atoms with E-state index in [1.165, 1.54) is 16.8 Å². The molecule has 0 aromatic heterocycles. The molecule has 1 rings (SSSR count). The molecule has 12 heavy (non-hydrogen) atoms. The molecule has 0 radical (unpaired) electrons. The highest BCUT2D eigenvalue weighted by Crippen LogP contribution is 2.19. The predicted molar refractivity (Wildman–Crippen MR) is 55.0 cm³/mol. The molecule has 1 nitrogen and oxygen atoms in total. The second-order valence-electron chi connectivity index (χ2n) is 3.11. The third kappa shape index (κ3) is 1.92. The van der Waals surface area contributed by atoms with Crippen LogP contribution >= 0.6 is 11.6 Å². The van der Waals surface area contributed by atoms with Crippen LogP contribution in [0.1, 0.15) is 11.1 Å². The summed E-state index contributed by atoms with van der Waals surface area (Å²) in [7, 11) is 1.99. The van der Waals surface area contributed by atoms with E-state index in [0.717, 1.165) is 0 Å². The van der Waals surface area contributed by atoms with Gasteiger partial charge in [-0.25, -0.2) is 0 Å². The molecular formula is C10H14ClN. The van der Waals surface area contributed by atoms with Crippen LogP contribution in [0.15, 0.2) is 18.2 Å². The maximum absolute atomic E-state index is 5.72. The number of aryl methyl sites for hydroxylation is 2. The van der Waals surface area contributed by atoms with Crippen molar-refractivity contribution in [2.24, 2.45) is 0 Å². The summed E-state index contributed by atoms with van der Waals surface area (Å²) in [5.74, 6) is 0. The SMILES string of the molecule is Cc1ccc(N(C)CCl)c(C)c1. The monoisotopic (exact) mass is 183 g/mol. The van der Waals surface area contributed by atoms with Gasteiger partial charge in [0.2, 0.25) is 0 Å². The van der Waals surface area contributed by atoms with Gasteiger partial charge in [-0.2, -0.15) is 0 Å². The van der Waals surface area contributed by atoms with Crippen LogP contribution in [0.5, 0.6) is 0 Å². The smallest absolute Gasteiger partial charge is 0.0925 e. The van der Waals surface area contributed by atoms with Crippen molar-refractivity contribution >= 4 is 17.3 Å². The van der Waals surface area contributed by atoms with Crippen molar-refractivity contribution in [3.63, 3.8) is 0 Å². The van der Waals surface area contributed by atoms with E-state index in [9.17, 15) is 0 Å². The summed E-state index contributed by atoms with van der Waals surface area (Å²) < 4.78 is 0. The fourth-order valence-corrected chi connectivity index (χ4v) is 1.43. The second kappa shape index (κ2) is 3.81. The lowest BCUT2D eigenvalue weighted by Crippen LogP contribution is -2.15.